The van der Waals surface area contributed by atoms with Gasteiger partial charge in [0.15, 0.2) is 5.75 Å². The largest absolute Gasteiger partial charge is 0.424 e. The molecule has 0 aliphatic rings. The fraction of sp³-hybridized carbons (Fsp3) is 0.278. The van der Waals surface area contributed by atoms with Gasteiger partial charge in [-0.3, -0.25) is 4.79 Å². The molecule has 0 saturated carbocycles. The highest BCUT2D eigenvalue weighted by Gasteiger charge is 2.15. The second kappa shape index (κ2) is 8.38. The lowest BCUT2D eigenvalue weighted by Gasteiger charge is -2.19. The molecule has 0 amide bonds. The summed E-state index contributed by atoms with van der Waals surface area (Å²) in [5, 5.41) is 4.12. The summed E-state index contributed by atoms with van der Waals surface area (Å²) >= 11 is 12.4. The standard InChI is InChI=1S/C18H20Cl2N2O2/c1-12(22(2)3)11-17(23)24-16-10-5-4-9-15(16)21-18-13(19)7-6-8-14(18)20/h4-10,12,21H,11H2,1-3H3. The van der Waals surface area contributed by atoms with Crippen molar-refractivity contribution in [3.63, 3.8) is 0 Å². The van der Waals surface area contributed by atoms with Crippen LogP contribution in [0.5, 0.6) is 5.75 Å². The number of nitrogens with zero attached hydrogens (tertiary/aromatic N) is 1. The molecule has 0 saturated heterocycles. The first-order valence-electron chi connectivity index (χ1n) is 7.55. The van der Waals surface area contributed by atoms with Crippen LogP contribution in [0.2, 0.25) is 10.0 Å². The van der Waals surface area contributed by atoms with Gasteiger partial charge in [-0.1, -0.05) is 41.4 Å². The minimum absolute atomic E-state index is 0.0932. The third-order valence-electron chi connectivity index (χ3n) is 3.68. The molecule has 4 nitrogen and oxygen atoms in total. The first-order valence-corrected chi connectivity index (χ1v) is 8.31. The number of esters is 1. The van der Waals surface area contributed by atoms with Crippen LogP contribution in [0, 0.1) is 0 Å². The van der Waals surface area contributed by atoms with Gasteiger partial charge in [0.05, 0.1) is 27.8 Å². The molecule has 2 aromatic rings. The van der Waals surface area contributed by atoms with Crippen LogP contribution in [0.1, 0.15) is 13.3 Å². The molecular weight excluding hydrogens is 347 g/mol. The average molecular weight is 367 g/mol. The third kappa shape index (κ3) is 4.87. The number of nitrogens with one attached hydrogen (secondary N) is 1. The summed E-state index contributed by atoms with van der Waals surface area (Å²) in [7, 11) is 3.85. The number of ether oxygens (including phenoxy) is 1. The molecule has 0 aliphatic heterocycles. The van der Waals surface area contributed by atoms with Crippen LogP contribution in [-0.4, -0.2) is 31.0 Å². The van der Waals surface area contributed by atoms with E-state index in [1.807, 2.05) is 32.0 Å². The Kier molecular flexibility index (Phi) is 6.49. The molecule has 24 heavy (non-hydrogen) atoms. The van der Waals surface area contributed by atoms with E-state index in [1.54, 1.807) is 36.4 Å². The Morgan fingerprint density at radius 1 is 1.12 bits per heavy atom. The first kappa shape index (κ1) is 18.6. The van der Waals surface area contributed by atoms with E-state index in [0.29, 0.717) is 33.6 Å². The predicted octanol–water partition coefficient (Wildman–Crippen LogP) is 4.98. The number of hydrogen-bond donors (Lipinski definition) is 1. The van der Waals surface area contributed by atoms with Crippen LogP contribution in [0.4, 0.5) is 11.4 Å². The summed E-state index contributed by atoms with van der Waals surface area (Å²) in [6.07, 6.45) is 0.300. The number of hydrogen-bond acceptors (Lipinski definition) is 4. The van der Waals surface area contributed by atoms with Crippen molar-refractivity contribution in [3.8, 4) is 5.75 Å². The van der Waals surface area contributed by atoms with Crippen molar-refractivity contribution in [2.45, 2.75) is 19.4 Å². The van der Waals surface area contributed by atoms with Crippen molar-refractivity contribution < 1.29 is 9.53 Å². The number of halogens is 2. The number of anilines is 2. The zero-order chi connectivity index (χ0) is 17.7. The zero-order valence-corrected chi connectivity index (χ0v) is 15.4. The number of carbonyl (C=O) groups is 1. The smallest absolute Gasteiger partial charge is 0.312 e. The SMILES string of the molecule is CC(CC(=O)Oc1ccccc1Nc1c(Cl)cccc1Cl)N(C)C. The minimum Gasteiger partial charge on any atom is -0.424 e. The zero-order valence-electron chi connectivity index (χ0n) is 13.8. The molecule has 0 aliphatic carbocycles. The molecule has 2 aromatic carbocycles. The molecule has 1 N–H and O–H groups in total. The molecule has 0 spiro atoms. The van der Waals surface area contributed by atoms with E-state index in [9.17, 15) is 4.79 Å². The van der Waals surface area contributed by atoms with E-state index in [1.165, 1.54) is 0 Å². The van der Waals surface area contributed by atoms with E-state index in [0.717, 1.165) is 0 Å². The van der Waals surface area contributed by atoms with Crippen molar-refractivity contribution in [3.05, 3.63) is 52.5 Å². The highest BCUT2D eigenvalue weighted by Crippen LogP contribution is 2.35. The van der Waals surface area contributed by atoms with Crippen LogP contribution < -0.4 is 10.1 Å². The van der Waals surface area contributed by atoms with Gasteiger partial charge in [-0.25, -0.2) is 0 Å². The summed E-state index contributed by atoms with van der Waals surface area (Å²) in [5.74, 6) is 0.139. The predicted molar refractivity (Wildman–Crippen MR) is 99.6 cm³/mol. The van der Waals surface area contributed by atoms with Gasteiger partial charge in [-0.15, -0.1) is 0 Å². The van der Waals surface area contributed by atoms with Gasteiger partial charge >= 0.3 is 5.97 Å². The highest BCUT2D eigenvalue weighted by molar-refractivity contribution is 6.39. The van der Waals surface area contributed by atoms with Gasteiger partial charge in [0.1, 0.15) is 0 Å². The average Bonchev–Trinajstić information content (AvgIpc) is 2.52. The fourth-order valence-electron chi connectivity index (χ4n) is 2.00. The molecule has 0 radical (unpaired) electrons. The van der Waals surface area contributed by atoms with E-state index in [2.05, 4.69) is 5.32 Å². The van der Waals surface area contributed by atoms with Crippen LogP contribution in [0.15, 0.2) is 42.5 Å². The number of rotatable bonds is 6. The summed E-state index contributed by atoms with van der Waals surface area (Å²) in [6, 6.07) is 12.5. The summed E-state index contributed by atoms with van der Waals surface area (Å²) in [6.45, 7) is 1.97. The Hall–Kier alpha value is -1.75. The lowest BCUT2D eigenvalue weighted by atomic mass is 10.2. The van der Waals surface area contributed by atoms with Gasteiger partial charge < -0.3 is 15.0 Å². The van der Waals surface area contributed by atoms with Gasteiger partial charge in [0.2, 0.25) is 0 Å². The van der Waals surface area contributed by atoms with Crippen LogP contribution >= 0.6 is 23.2 Å². The minimum atomic E-state index is -0.296. The Bertz CT molecular complexity index is 700. The summed E-state index contributed by atoms with van der Waals surface area (Å²) in [5.41, 5.74) is 1.20. The molecular formula is C18H20Cl2N2O2. The quantitative estimate of drug-likeness (QED) is 0.577. The summed E-state index contributed by atoms with van der Waals surface area (Å²) < 4.78 is 5.50. The van der Waals surface area contributed by atoms with Crippen molar-refractivity contribution in [2.75, 3.05) is 19.4 Å². The first-order chi connectivity index (χ1) is 11.4. The van der Waals surface area contributed by atoms with Gasteiger partial charge in [0, 0.05) is 6.04 Å². The second-order valence-electron chi connectivity index (χ2n) is 5.71. The van der Waals surface area contributed by atoms with Gasteiger partial charge in [-0.05, 0) is 45.3 Å². The van der Waals surface area contributed by atoms with Crippen molar-refractivity contribution in [2.24, 2.45) is 0 Å². The third-order valence-corrected chi connectivity index (χ3v) is 4.31. The lowest BCUT2D eigenvalue weighted by molar-refractivity contribution is -0.135. The Balaban J connectivity index is 2.17. The van der Waals surface area contributed by atoms with E-state index >= 15 is 0 Å². The van der Waals surface area contributed by atoms with Crippen LogP contribution in [0.25, 0.3) is 0 Å². The van der Waals surface area contributed by atoms with E-state index < -0.39 is 0 Å². The molecule has 0 heterocycles. The maximum atomic E-state index is 12.1. The normalized spacial score (nSPS) is 12.1. The fourth-order valence-corrected chi connectivity index (χ4v) is 2.49. The van der Waals surface area contributed by atoms with Crippen molar-refractivity contribution >= 4 is 40.5 Å². The Morgan fingerprint density at radius 3 is 2.38 bits per heavy atom. The molecule has 0 aromatic heterocycles. The summed E-state index contributed by atoms with van der Waals surface area (Å²) in [4.78, 5) is 14.1. The topological polar surface area (TPSA) is 41.6 Å². The molecule has 6 heteroatoms. The molecule has 0 fully saturated rings. The number of para-hydroxylation sites is 3. The molecule has 1 atom stereocenters. The van der Waals surface area contributed by atoms with Gasteiger partial charge in [-0.2, -0.15) is 0 Å². The Labute approximate surface area is 152 Å². The monoisotopic (exact) mass is 366 g/mol. The van der Waals surface area contributed by atoms with Crippen molar-refractivity contribution in [1.29, 1.82) is 0 Å². The lowest BCUT2D eigenvalue weighted by Crippen LogP contribution is -2.28. The maximum Gasteiger partial charge on any atom is 0.312 e. The second-order valence-corrected chi connectivity index (χ2v) is 6.52. The van der Waals surface area contributed by atoms with Crippen LogP contribution in [-0.2, 0) is 4.79 Å². The van der Waals surface area contributed by atoms with Crippen LogP contribution in [0.3, 0.4) is 0 Å². The molecule has 2 rings (SSSR count). The van der Waals surface area contributed by atoms with E-state index in [4.69, 9.17) is 27.9 Å². The molecule has 0 bridgehead atoms. The molecule has 128 valence electrons. The van der Waals surface area contributed by atoms with Crippen molar-refractivity contribution in [1.82, 2.24) is 4.90 Å². The number of benzene rings is 2. The van der Waals surface area contributed by atoms with Gasteiger partial charge in [0.25, 0.3) is 0 Å². The van der Waals surface area contributed by atoms with E-state index in [-0.39, 0.29) is 12.0 Å². The Morgan fingerprint density at radius 2 is 1.75 bits per heavy atom. The highest BCUT2D eigenvalue weighted by atomic mass is 35.5. The number of carbonyl (C=O) groups excluding carboxylic acids is 1. The maximum absolute atomic E-state index is 12.1. The molecule has 1 unspecified atom stereocenters.